The Morgan fingerprint density at radius 1 is 1.41 bits per heavy atom. The zero-order valence-electron chi connectivity index (χ0n) is 9.17. The van der Waals surface area contributed by atoms with E-state index in [-0.39, 0.29) is 12.2 Å². The number of carboxylic acids is 1. The second-order valence-corrected chi connectivity index (χ2v) is 4.42. The van der Waals surface area contributed by atoms with Crippen molar-refractivity contribution in [2.75, 3.05) is 11.9 Å². The highest BCUT2D eigenvalue weighted by Crippen LogP contribution is 2.41. The molecule has 0 amide bonds. The topological polar surface area (TPSA) is 49.3 Å². The van der Waals surface area contributed by atoms with Crippen molar-refractivity contribution in [2.45, 2.75) is 19.3 Å². The fraction of sp³-hybridized carbons (Fsp3) is 0.417. The van der Waals surface area contributed by atoms with Crippen LogP contribution in [0.2, 0.25) is 0 Å². The number of hydrogen-bond donors (Lipinski definition) is 2. The molecule has 0 atom stereocenters. The molecule has 2 rings (SSSR count). The number of carbonyl (C=O) groups is 1. The molecule has 0 aromatic heterocycles. The lowest BCUT2D eigenvalue weighted by molar-refractivity contribution is -0.153. The van der Waals surface area contributed by atoms with E-state index in [0.29, 0.717) is 12.8 Å². The molecule has 3 nitrogen and oxygen atoms in total. The standard InChI is InChI=1S/C12H13F2NO2/c13-8-2-3-9(14)10(6-8)15-7-12(11(16)17)4-1-5-12/h2-3,6,15H,1,4-5,7H2,(H,16,17). The van der Waals surface area contributed by atoms with E-state index in [9.17, 15) is 13.6 Å². The molecule has 1 fully saturated rings. The van der Waals surface area contributed by atoms with Crippen molar-refractivity contribution in [3.05, 3.63) is 29.8 Å². The molecule has 1 aliphatic carbocycles. The molecule has 0 aliphatic heterocycles. The third kappa shape index (κ3) is 2.23. The zero-order valence-corrected chi connectivity index (χ0v) is 9.17. The van der Waals surface area contributed by atoms with Crippen LogP contribution in [0.15, 0.2) is 18.2 Å². The van der Waals surface area contributed by atoms with Crippen molar-refractivity contribution >= 4 is 11.7 Å². The Labute approximate surface area is 97.5 Å². The third-order valence-electron chi connectivity index (χ3n) is 3.31. The van der Waals surface area contributed by atoms with Gasteiger partial charge in [0.1, 0.15) is 11.6 Å². The van der Waals surface area contributed by atoms with Crippen LogP contribution in [0.3, 0.4) is 0 Å². The van der Waals surface area contributed by atoms with Crippen LogP contribution in [0.25, 0.3) is 0 Å². The molecule has 92 valence electrons. The monoisotopic (exact) mass is 241 g/mol. The van der Waals surface area contributed by atoms with Gasteiger partial charge in [-0.15, -0.1) is 0 Å². The normalized spacial score (nSPS) is 17.3. The summed E-state index contributed by atoms with van der Waals surface area (Å²) in [5.74, 6) is -2.01. The summed E-state index contributed by atoms with van der Waals surface area (Å²) >= 11 is 0. The van der Waals surface area contributed by atoms with Crippen molar-refractivity contribution in [3.8, 4) is 0 Å². The first-order valence-corrected chi connectivity index (χ1v) is 5.46. The van der Waals surface area contributed by atoms with Crippen LogP contribution in [0.1, 0.15) is 19.3 Å². The molecule has 0 unspecified atom stereocenters. The van der Waals surface area contributed by atoms with Crippen molar-refractivity contribution in [3.63, 3.8) is 0 Å². The van der Waals surface area contributed by atoms with Gasteiger partial charge in [-0.05, 0) is 31.0 Å². The lowest BCUT2D eigenvalue weighted by Gasteiger charge is -2.37. The number of rotatable bonds is 4. The van der Waals surface area contributed by atoms with Gasteiger partial charge in [-0.25, -0.2) is 8.78 Å². The summed E-state index contributed by atoms with van der Waals surface area (Å²) in [6, 6.07) is 3.08. The highest BCUT2D eigenvalue weighted by atomic mass is 19.1. The fourth-order valence-electron chi connectivity index (χ4n) is 1.97. The van der Waals surface area contributed by atoms with Gasteiger partial charge in [0, 0.05) is 6.54 Å². The predicted octanol–water partition coefficient (Wildman–Crippen LogP) is 2.63. The minimum absolute atomic E-state index is 0.0116. The van der Waals surface area contributed by atoms with E-state index in [2.05, 4.69) is 5.32 Å². The van der Waals surface area contributed by atoms with Gasteiger partial charge in [-0.3, -0.25) is 4.79 Å². The summed E-state index contributed by atoms with van der Waals surface area (Å²) in [7, 11) is 0. The summed E-state index contributed by atoms with van der Waals surface area (Å²) in [4.78, 5) is 11.1. The highest BCUT2D eigenvalue weighted by molar-refractivity contribution is 5.76. The molecule has 1 saturated carbocycles. The average Bonchev–Trinajstić information content (AvgIpc) is 2.21. The Kier molecular flexibility index (Phi) is 3.00. The van der Waals surface area contributed by atoms with E-state index >= 15 is 0 Å². The molecular formula is C12H13F2NO2. The Bertz CT molecular complexity index is 444. The van der Waals surface area contributed by atoms with Gasteiger partial charge in [0.2, 0.25) is 0 Å². The molecule has 1 aliphatic rings. The lowest BCUT2D eigenvalue weighted by Crippen LogP contribution is -2.43. The summed E-state index contributed by atoms with van der Waals surface area (Å²) in [6.45, 7) is 0.128. The second kappa shape index (κ2) is 4.31. The summed E-state index contributed by atoms with van der Waals surface area (Å²) in [5.41, 5.74) is -0.809. The van der Waals surface area contributed by atoms with Crippen LogP contribution in [0, 0.1) is 17.0 Å². The van der Waals surface area contributed by atoms with Gasteiger partial charge >= 0.3 is 5.97 Å². The highest BCUT2D eigenvalue weighted by Gasteiger charge is 2.44. The number of hydrogen-bond acceptors (Lipinski definition) is 2. The van der Waals surface area contributed by atoms with E-state index in [1.54, 1.807) is 0 Å². The maximum absolute atomic E-state index is 13.3. The molecule has 0 radical (unpaired) electrons. The number of aliphatic carboxylic acids is 1. The van der Waals surface area contributed by atoms with E-state index in [0.717, 1.165) is 24.6 Å². The second-order valence-electron chi connectivity index (χ2n) is 4.42. The van der Waals surface area contributed by atoms with Crippen LogP contribution in [0.5, 0.6) is 0 Å². The Morgan fingerprint density at radius 2 is 2.12 bits per heavy atom. The minimum Gasteiger partial charge on any atom is -0.481 e. The fourth-order valence-corrected chi connectivity index (χ4v) is 1.97. The molecule has 0 saturated heterocycles. The van der Waals surface area contributed by atoms with Crippen molar-refractivity contribution in [1.82, 2.24) is 0 Å². The van der Waals surface area contributed by atoms with Gasteiger partial charge in [0.05, 0.1) is 11.1 Å². The van der Waals surface area contributed by atoms with E-state index in [1.807, 2.05) is 0 Å². The number of halogens is 2. The Balaban J connectivity index is 2.07. The molecule has 2 N–H and O–H groups in total. The van der Waals surface area contributed by atoms with E-state index < -0.39 is 23.0 Å². The molecule has 1 aromatic carbocycles. The molecular weight excluding hydrogens is 228 g/mol. The minimum atomic E-state index is -0.881. The van der Waals surface area contributed by atoms with Gasteiger partial charge in [-0.2, -0.15) is 0 Å². The Hall–Kier alpha value is -1.65. The maximum atomic E-state index is 13.3. The molecule has 0 heterocycles. The van der Waals surface area contributed by atoms with Gasteiger partial charge in [0.25, 0.3) is 0 Å². The van der Waals surface area contributed by atoms with Crippen LogP contribution in [0.4, 0.5) is 14.5 Å². The van der Waals surface area contributed by atoms with Crippen LogP contribution >= 0.6 is 0 Å². The SMILES string of the molecule is O=C(O)C1(CNc2cc(F)ccc2F)CCC1. The third-order valence-corrected chi connectivity index (χ3v) is 3.31. The number of nitrogens with one attached hydrogen (secondary N) is 1. The maximum Gasteiger partial charge on any atom is 0.311 e. The smallest absolute Gasteiger partial charge is 0.311 e. The lowest BCUT2D eigenvalue weighted by atomic mass is 9.69. The molecule has 0 spiro atoms. The van der Waals surface area contributed by atoms with Crippen LogP contribution in [-0.2, 0) is 4.79 Å². The summed E-state index contributed by atoms with van der Waals surface area (Å²) in [6.07, 6.45) is 2.01. The molecule has 5 heteroatoms. The first-order chi connectivity index (χ1) is 8.03. The molecule has 17 heavy (non-hydrogen) atoms. The molecule has 1 aromatic rings. The van der Waals surface area contributed by atoms with Crippen molar-refractivity contribution in [1.29, 1.82) is 0 Å². The summed E-state index contributed by atoms with van der Waals surface area (Å²) in [5, 5.41) is 11.8. The molecule has 0 bridgehead atoms. The zero-order chi connectivity index (χ0) is 12.5. The number of benzene rings is 1. The largest absolute Gasteiger partial charge is 0.481 e. The summed E-state index contributed by atoms with van der Waals surface area (Å²) < 4.78 is 26.2. The van der Waals surface area contributed by atoms with Crippen molar-refractivity contribution in [2.24, 2.45) is 5.41 Å². The van der Waals surface area contributed by atoms with Crippen LogP contribution in [-0.4, -0.2) is 17.6 Å². The average molecular weight is 241 g/mol. The Morgan fingerprint density at radius 3 is 2.65 bits per heavy atom. The van der Waals surface area contributed by atoms with Crippen molar-refractivity contribution < 1.29 is 18.7 Å². The van der Waals surface area contributed by atoms with Crippen LogP contribution < -0.4 is 5.32 Å². The first-order valence-electron chi connectivity index (χ1n) is 5.46. The van der Waals surface area contributed by atoms with Gasteiger partial charge in [-0.1, -0.05) is 6.42 Å². The first kappa shape index (κ1) is 11.8. The number of anilines is 1. The van der Waals surface area contributed by atoms with Gasteiger partial charge in [0.15, 0.2) is 0 Å². The van der Waals surface area contributed by atoms with Gasteiger partial charge < -0.3 is 10.4 Å². The van der Waals surface area contributed by atoms with E-state index in [4.69, 9.17) is 5.11 Å². The van der Waals surface area contributed by atoms with E-state index in [1.165, 1.54) is 0 Å². The predicted molar refractivity (Wildman–Crippen MR) is 58.8 cm³/mol. The number of carboxylic acid groups (broad SMARTS) is 1. The quantitative estimate of drug-likeness (QED) is 0.851.